The van der Waals surface area contributed by atoms with Crippen molar-refractivity contribution in [1.29, 1.82) is 0 Å². The van der Waals surface area contributed by atoms with Crippen LogP contribution in [-0.2, 0) is 0 Å². The molecule has 4 heteroatoms. The molecule has 0 radical (unpaired) electrons. The van der Waals surface area contributed by atoms with Crippen molar-refractivity contribution < 1.29 is 4.39 Å². The van der Waals surface area contributed by atoms with Gasteiger partial charge in [0.2, 0.25) is 0 Å². The summed E-state index contributed by atoms with van der Waals surface area (Å²) in [7, 11) is 0. The third-order valence-electron chi connectivity index (χ3n) is 0.175. The molecular weight excluding hydrogens is 85.0 g/mol. The average molecular weight is 87.1 g/mol. The minimum absolute atomic E-state index is 0.166. The zero-order valence-corrected chi connectivity index (χ0v) is 2.87. The molecule has 0 aromatic heterocycles. The predicted molar refractivity (Wildman–Crippen MR) is 19.4 cm³/mol. The van der Waals surface area contributed by atoms with E-state index >= 15 is 0 Å². The van der Waals surface area contributed by atoms with E-state index in [9.17, 15) is 4.39 Å². The van der Waals surface area contributed by atoms with Gasteiger partial charge in [-0.3, -0.25) is 0 Å². The first kappa shape index (κ1) is 4.98. The topological polar surface area (TPSA) is 48.8 Å². The highest BCUT2D eigenvalue weighted by Gasteiger charge is 1.51. The van der Waals surface area contributed by atoms with Gasteiger partial charge < -0.3 is 0 Å². The van der Waals surface area contributed by atoms with Gasteiger partial charge in [-0.2, -0.15) is 0 Å². The lowest BCUT2D eigenvalue weighted by Crippen LogP contribution is -1.31. The van der Waals surface area contributed by atoms with E-state index in [0.29, 0.717) is 0 Å². The molecule has 3 nitrogen and oxygen atoms in total. The molecular formula is C2H2FN3. The number of azide groups is 1. The summed E-state index contributed by atoms with van der Waals surface area (Å²) >= 11 is 0. The van der Waals surface area contributed by atoms with Crippen molar-refractivity contribution in [2.24, 2.45) is 5.11 Å². The van der Waals surface area contributed by atoms with Crippen LogP contribution in [0.5, 0.6) is 0 Å². The monoisotopic (exact) mass is 87.0 g/mol. The van der Waals surface area contributed by atoms with Gasteiger partial charge in [0, 0.05) is 11.1 Å². The molecule has 0 N–H and O–H groups in total. The quantitative estimate of drug-likeness (QED) is 0.265. The third-order valence-corrected chi connectivity index (χ3v) is 0.175. The van der Waals surface area contributed by atoms with E-state index in [-0.39, 0.29) is 6.33 Å². The highest BCUT2D eigenvalue weighted by molar-refractivity contribution is 4.67. The minimum Gasteiger partial charge on any atom is -0.216 e. The van der Waals surface area contributed by atoms with Crippen molar-refractivity contribution in [2.75, 3.05) is 0 Å². The van der Waals surface area contributed by atoms with E-state index in [1.165, 1.54) is 0 Å². The first-order chi connectivity index (χ1) is 2.91. The first-order valence-electron chi connectivity index (χ1n) is 1.21. The summed E-state index contributed by atoms with van der Waals surface area (Å²) in [5, 5.41) is 2.72. The lowest BCUT2D eigenvalue weighted by Gasteiger charge is -1.52. The van der Waals surface area contributed by atoms with Crippen LogP contribution in [0.3, 0.4) is 0 Å². The number of rotatable bonds is 1. The van der Waals surface area contributed by atoms with E-state index in [2.05, 4.69) is 10.0 Å². The van der Waals surface area contributed by atoms with Crippen molar-refractivity contribution in [2.45, 2.75) is 0 Å². The van der Waals surface area contributed by atoms with Gasteiger partial charge in [0.1, 0.15) is 0 Å². The van der Waals surface area contributed by atoms with Crippen LogP contribution in [0.25, 0.3) is 10.4 Å². The van der Waals surface area contributed by atoms with Gasteiger partial charge in [0.15, 0.2) is 0 Å². The Kier molecular flexibility index (Phi) is 3.30. The minimum atomic E-state index is 0.166. The van der Waals surface area contributed by atoms with Crippen LogP contribution in [0, 0.1) is 0 Å². The number of hydrogen-bond acceptors (Lipinski definition) is 1. The molecule has 0 bridgehead atoms. The molecule has 0 aliphatic heterocycles. The molecule has 0 heterocycles. The normalized spacial score (nSPS) is 8.17. The van der Waals surface area contributed by atoms with Gasteiger partial charge in [-0.05, 0) is 5.53 Å². The van der Waals surface area contributed by atoms with E-state index in [1.54, 1.807) is 0 Å². The fourth-order valence-electron chi connectivity index (χ4n) is 0.0550. The maximum Gasteiger partial charge on any atom is 0.0889 e. The van der Waals surface area contributed by atoms with Crippen LogP contribution >= 0.6 is 0 Å². The number of nitrogens with zero attached hydrogens (tertiary/aromatic N) is 3. The maximum absolute atomic E-state index is 10.7. The van der Waals surface area contributed by atoms with E-state index in [4.69, 9.17) is 5.53 Å². The standard InChI is InChI=1S/C2H2FN3/c3-1-2-5-6-4/h1-2H. The van der Waals surface area contributed by atoms with Crippen LogP contribution in [0.1, 0.15) is 0 Å². The van der Waals surface area contributed by atoms with Gasteiger partial charge >= 0.3 is 0 Å². The third kappa shape index (κ3) is 2.98. The Balaban J connectivity index is 3.33. The summed E-state index contributed by atoms with van der Waals surface area (Å²) in [6.07, 6.45) is 0.889. The van der Waals surface area contributed by atoms with Gasteiger partial charge in [-0.25, -0.2) is 4.39 Å². The Labute approximate surface area is 33.7 Å². The Morgan fingerprint density at radius 2 is 2.50 bits per heavy atom. The molecule has 0 aliphatic carbocycles. The summed E-state index contributed by atoms with van der Waals surface area (Å²) in [4.78, 5) is 2.22. The highest BCUT2D eigenvalue weighted by atomic mass is 19.1. The Hall–Kier alpha value is -1.02. The molecule has 0 unspecified atom stereocenters. The van der Waals surface area contributed by atoms with Crippen LogP contribution < -0.4 is 0 Å². The molecule has 0 saturated heterocycles. The SMILES string of the molecule is [N-]=[N+]=NC=CF. The van der Waals surface area contributed by atoms with Crippen molar-refractivity contribution in [1.82, 2.24) is 0 Å². The smallest absolute Gasteiger partial charge is 0.0889 e. The lowest BCUT2D eigenvalue weighted by atomic mass is 11.1. The molecule has 0 amide bonds. The van der Waals surface area contributed by atoms with Crippen molar-refractivity contribution in [3.8, 4) is 0 Å². The first-order valence-corrected chi connectivity index (χ1v) is 1.21. The van der Waals surface area contributed by atoms with Gasteiger partial charge in [0.05, 0.1) is 6.33 Å². The van der Waals surface area contributed by atoms with E-state index in [0.717, 1.165) is 6.20 Å². The van der Waals surface area contributed by atoms with Crippen LogP contribution in [0.2, 0.25) is 0 Å². The van der Waals surface area contributed by atoms with Crippen LogP contribution in [-0.4, -0.2) is 0 Å². The molecule has 0 saturated carbocycles. The summed E-state index contributed by atoms with van der Waals surface area (Å²) < 4.78 is 10.7. The maximum atomic E-state index is 10.7. The second kappa shape index (κ2) is 3.98. The fraction of sp³-hybridized carbons (Fsp3) is 0. The fourth-order valence-corrected chi connectivity index (χ4v) is 0.0550. The van der Waals surface area contributed by atoms with Gasteiger partial charge in [-0.1, -0.05) is 5.11 Å². The molecule has 0 rings (SSSR count). The van der Waals surface area contributed by atoms with Gasteiger partial charge in [0.25, 0.3) is 0 Å². The lowest BCUT2D eigenvalue weighted by molar-refractivity contribution is 0.718. The van der Waals surface area contributed by atoms with Crippen LogP contribution in [0.15, 0.2) is 17.6 Å². The van der Waals surface area contributed by atoms with Crippen molar-refractivity contribution in [3.63, 3.8) is 0 Å². The zero-order chi connectivity index (χ0) is 4.83. The predicted octanol–water partition coefficient (Wildman–Crippen LogP) is 1.74. The highest BCUT2D eigenvalue weighted by Crippen LogP contribution is 1.72. The number of halogens is 1. The van der Waals surface area contributed by atoms with Crippen LogP contribution in [0.4, 0.5) is 4.39 Å². The molecule has 0 aromatic carbocycles. The molecule has 0 spiro atoms. The Bertz CT molecular complexity index is 91.0. The molecule has 32 valence electrons. The summed E-state index contributed by atoms with van der Waals surface area (Å²) in [5.41, 5.74) is 7.44. The van der Waals surface area contributed by atoms with E-state index < -0.39 is 0 Å². The van der Waals surface area contributed by atoms with Gasteiger partial charge in [-0.15, -0.1) is 0 Å². The van der Waals surface area contributed by atoms with Crippen molar-refractivity contribution >= 4 is 0 Å². The summed E-state index contributed by atoms with van der Waals surface area (Å²) in [5.74, 6) is 0. The summed E-state index contributed by atoms with van der Waals surface area (Å²) in [6, 6.07) is 0. The number of hydrogen-bond donors (Lipinski definition) is 0. The second-order valence-electron chi connectivity index (χ2n) is 0.480. The van der Waals surface area contributed by atoms with E-state index in [1.807, 2.05) is 0 Å². The molecule has 6 heavy (non-hydrogen) atoms. The second-order valence-corrected chi connectivity index (χ2v) is 0.480. The van der Waals surface area contributed by atoms with Crippen molar-refractivity contribution in [3.05, 3.63) is 23.0 Å². The molecule has 0 aliphatic rings. The molecule has 0 atom stereocenters. The Morgan fingerprint density at radius 3 is 2.67 bits per heavy atom. The Morgan fingerprint density at radius 1 is 1.83 bits per heavy atom. The average Bonchev–Trinajstić information content (AvgIpc) is 1.61. The largest absolute Gasteiger partial charge is 0.216 e. The summed E-state index contributed by atoms with van der Waals surface area (Å²) in [6.45, 7) is 0. The zero-order valence-electron chi connectivity index (χ0n) is 2.87. The molecule has 0 fully saturated rings. The molecule has 0 aromatic rings.